The molecule has 0 spiro atoms. The summed E-state index contributed by atoms with van der Waals surface area (Å²) < 4.78 is 6.84. The van der Waals surface area contributed by atoms with Crippen molar-refractivity contribution < 1.29 is 24.2 Å². The Morgan fingerprint density at radius 1 is 1.09 bits per heavy atom. The lowest BCUT2D eigenvalue weighted by Crippen LogP contribution is -2.36. The maximum absolute atomic E-state index is 12.5. The molecule has 1 atom stereocenters. The minimum absolute atomic E-state index is 0.0663. The number of ether oxygens (including phenoxy) is 1. The molecule has 3 aromatic rings. The zero-order valence-electron chi connectivity index (χ0n) is 18.9. The van der Waals surface area contributed by atoms with Gasteiger partial charge in [-0.25, -0.2) is 4.79 Å². The van der Waals surface area contributed by atoms with Crippen molar-refractivity contribution in [2.75, 3.05) is 11.9 Å². The van der Waals surface area contributed by atoms with E-state index >= 15 is 0 Å². The first-order valence-electron chi connectivity index (χ1n) is 11.1. The van der Waals surface area contributed by atoms with Crippen LogP contribution in [0, 0.1) is 0 Å². The lowest BCUT2D eigenvalue weighted by atomic mass is 9.98. The molecule has 176 valence electrons. The Morgan fingerprint density at radius 3 is 2.29 bits per heavy atom. The first kappa shape index (κ1) is 23.0. The Hall–Kier alpha value is -4.14. The van der Waals surface area contributed by atoms with E-state index in [2.05, 4.69) is 27.9 Å². The van der Waals surface area contributed by atoms with Crippen LogP contribution in [0.2, 0.25) is 0 Å². The van der Waals surface area contributed by atoms with Crippen molar-refractivity contribution in [2.45, 2.75) is 31.7 Å². The van der Waals surface area contributed by atoms with Crippen molar-refractivity contribution in [3.05, 3.63) is 71.4 Å². The molecule has 0 radical (unpaired) electrons. The third-order valence-corrected chi connectivity index (χ3v) is 5.94. The number of carbonyl (C=O) groups excluding carboxylic acids is 2. The molecule has 2 aromatic carbocycles. The van der Waals surface area contributed by atoms with Crippen molar-refractivity contribution in [1.29, 1.82) is 0 Å². The smallest absolute Gasteiger partial charge is 0.412 e. The summed E-state index contributed by atoms with van der Waals surface area (Å²) in [5.41, 5.74) is 4.69. The molecule has 1 unspecified atom stereocenters. The molecule has 1 aromatic heterocycles. The molecule has 0 aliphatic heterocycles. The number of fused-ring (bicyclic) bond motifs is 3. The number of amides is 2. The fourth-order valence-corrected chi connectivity index (χ4v) is 4.25. The highest BCUT2D eigenvalue weighted by Crippen LogP contribution is 2.44. The Morgan fingerprint density at radius 2 is 1.71 bits per heavy atom. The summed E-state index contributed by atoms with van der Waals surface area (Å²) in [5.74, 6) is -1.36. The number of benzene rings is 2. The van der Waals surface area contributed by atoms with E-state index in [9.17, 15) is 14.4 Å². The van der Waals surface area contributed by atoms with Crippen LogP contribution in [-0.2, 0) is 16.6 Å². The molecule has 9 nitrogen and oxygen atoms in total. The number of hydrogen-bond acceptors (Lipinski definition) is 5. The monoisotopic (exact) mass is 462 g/mol. The van der Waals surface area contributed by atoms with Crippen LogP contribution in [0.25, 0.3) is 11.1 Å². The molecule has 34 heavy (non-hydrogen) atoms. The predicted molar refractivity (Wildman–Crippen MR) is 126 cm³/mol. The Bertz CT molecular complexity index is 1190. The Labute approximate surface area is 196 Å². The molecule has 0 bridgehead atoms. The fourth-order valence-electron chi connectivity index (χ4n) is 4.25. The third kappa shape index (κ3) is 4.78. The van der Waals surface area contributed by atoms with Crippen LogP contribution in [-0.4, -0.2) is 45.5 Å². The molecule has 0 saturated carbocycles. The number of aryl methyl sites for hydroxylation is 1. The van der Waals surface area contributed by atoms with E-state index in [0.29, 0.717) is 6.42 Å². The molecule has 1 aliphatic rings. The summed E-state index contributed by atoms with van der Waals surface area (Å²) in [4.78, 5) is 36.0. The van der Waals surface area contributed by atoms with E-state index in [4.69, 9.17) is 9.84 Å². The van der Waals surface area contributed by atoms with Crippen LogP contribution in [0.15, 0.2) is 54.6 Å². The maximum Gasteiger partial charge on any atom is 0.412 e. The molecule has 4 rings (SSSR count). The van der Waals surface area contributed by atoms with Gasteiger partial charge in [-0.05, 0) is 28.7 Å². The molecular weight excluding hydrogens is 436 g/mol. The molecule has 1 heterocycles. The first-order valence-corrected chi connectivity index (χ1v) is 11.1. The summed E-state index contributed by atoms with van der Waals surface area (Å²) in [5, 5.41) is 18.3. The maximum atomic E-state index is 12.5. The molecule has 2 amide bonds. The van der Waals surface area contributed by atoms with Gasteiger partial charge in [-0.3, -0.25) is 19.6 Å². The Balaban J connectivity index is 1.39. The molecule has 3 N–H and O–H groups in total. The van der Waals surface area contributed by atoms with E-state index < -0.39 is 24.0 Å². The second-order valence-corrected chi connectivity index (χ2v) is 8.17. The van der Waals surface area contributed by atoms with Crippen LogP contribution in [0.1, 0.15) is 47.3 Å². The number of nitrogens with one attached hydrogen (secondary N) is 2. The van der Waals surface area contributed by atoms with Gasteiger partial charge in [0.2, 0.25) is 0 Å². The summed E-state index contributed by atoms with van der Waals surface area (Å²) >= 11 is 0. The number of carboxylic acids is 1. The van der Waals surface area contributed by atoms with E-state index in [1.54, 1.807) is 14.0 Å². The second-order valence-electron chi connectivity index (χ2n) is 8.17. The lowest BCUT2D eigenvalue weighted by molar-refractivity contribution is -0.137. The average Bonchev–Trinajstić information content (AvgIpc) is 3.34. The van der Waals surface area contributed by atoms with Gasteiger partial charge >= 0.3 is 12.1 Å². The minimum atomic E-state index is -0.991. The van der Waals surface area contributed by atoms with Crippen molar-refractivity contribution in [1.82, 2.24) is 15.1 Å². The van der Waals surface area contributed by atoms with Crippen molar-refractivity contribution in [3.63, 3.8) is 0 Å². The molecular formula is C25H26N4O5. The van der Waals surface area contributed by atoms with Crippen LogP contribution in [0.4, 0.5) is 10.6 Å². The summed E-state index contributed by atoms with van der Waals surface area (Å²) in [6.45, 7) is 1.95. The number of carboxylic acid groups (broad SMARTS) is 1. The summed E-state index contributed by atoms with van der Waals surface area (Å²) in [6, 6.07) is 17.0. The molecule has 1 aliphatic carbocycles. The van der Waals surface area contributed by atoms with Gasteiger partial charge in [-0.15, -0.1) is 0 Å². The van der Waals surface area contributed by atoms with E-state index in [0.717, 1.165) is 22.3 Å². The average molecular weight is 463 g/mol. The highest BCUT2D eigenvalue weighted by Gasteiger charge is 2.29. The third-order valence-electron chi connectivity index (χ3n) is 5.94. The van der Waals surface area contributed by atoms with Crippen molar-refractivity contribution in [2.24, 2.45) is 7.05 Å². The topological polar surface area (TPSA) is 123 Å². The highest BCUT2D eigenvalue weighted by atomic mass is 16.5. The summed E-state index contributed by atoms with van der Waals surface area (Å²) in [7, 11) is 1.57. The first-order chi connectivity index (χ1) is 16.4. The van der Waals surface area contributed by atoms with Gasteiger partial charge in [0.15, 0.2) is 5.82 Å². The number of nitrogens with zero attached hydrogens (tertiary/aromatic N) is 2. The number of hydrogen-bond donors (Lipinski definition) is 3. The zero-order chi connectivity index (χ0) is 24.2. The van der Waals surface area contributed by atoms with Gasteiger partial charge in [0.1, 0.15) is 12.3 Å². The number of rotatable bonds is 8. The van der Waals surface area contributed by atoms with E-state index in [-0.39, 0.29) is 30.5 Å². The van der Waals surface area contributed by atoms with Gasteiger partial charge in [-0.1, -0.05) is 55.5 Å². The standard InChI is InChI=1S/C25H26N4O5/c1-3-15(12-23(30)31)26-24(32)21-13-22(28-29(21)2)27-25(33)34-14-20-18-10-6-4-8-16(18)17-9-5-7-11-19(17)20/h4-11,13,15,20H,3,12,14H2,1-2H3,(H,26,32)(H,30,31)(H,27,28,33). The van der Waals surface area contributed by atoms with Gasteiger partial charge in [-0.2, -0.15) is 5.10 Å². The van der Waals surface area contributed by atoms with E-state index in [1.807, 2.05) is 36.4 Å². The van der Waals surface area contributed by atoms with E-state index in [1.165, 1.54) is 10.7 Å². The van der Waals surface area contributed by atoms with Crippen LogP contribution < -0.4 is 10.6 Å². The number of anilines is 1. The van der Waals surface area contributed by atoms with Crippen LogP contribution in [0.3, 0.4) is 0 Å². The molecule has 0 saturated heterocycles. The minimum Gasteiger partial charge on any atom is -0.481 e. The number of aliphatic carboxylic acids is 1. The largest absolute Gasteiger partial charge is 0.481 e. The van der Waals surface area contributed by atoms with Crippen LogP contribution in [0.5, 0.6) is 0 Å². The van der Waals surface area contributed by atoms with Gasteiger partial charge < -0.3 is 15.2 Å². The SMILES string of the molecule is CCC(CC(=O)O)NC(=O)c1cc(NC(=O)OCC2c3ccccc3-c3ccccc32)nn1C. The molecule has 9 heteroatoms. The number of carbonyl (C=O) groups is 3. The zero-order valence-corrected chi connectivity index (χ0v) is 18.9. The molecule has 0 fully saturated rings. The summed E-state index contributed by atoms with van der Waals surface area (Å²) in [6.07, 6.45) is -0.379. The number of aromatic nitrogens is 2. The predicted octanol–water partition coefficient (Wildman–Crippen LogP) is 3.76. The second kappa shape index (κ2) is 9.78. The van der Waals surface area contributed by atoms with Crippen molar-refractivity contribution in [3.8, 4) is 11.1 Å². The fraction of sp³-hybridized carbons (Fsp3) is 0.280. The van der Waals surface area contributed by atoms with Crippen molar-refractivity contribution >= 4 is 23.8 Å². The van der Waals surface area contributed by atoms with Crippen LogP contribution >= 0.6 is 0 Å². The van der Waals surface area contributed by atoms with Gasteiger partial charge in [0.25, 0.3) is 5.91 Å². The Kier molecular flexibility index (Phi) is 6.62. The van der Waals surface area contributed by atoms with Gasteiger partial charge in [0.05, 0.1) is 6.42 Å². The normalized spacial score (nSPS) is 13.0. The highest BCUT2D eigenvalue weighted by molar-refractivity contribution is 5.95. The van der Waals surface area contributed by atoms with Gasteiger partial charge in [0, 0.05) is 25.1 Å². The lowest BCUT2D eigenvalue weighted by Gasteiger charge is -2.14. The quantitative estimate of drug-likeness (QED) is 0.468.